The minimum absolute atomic E-state index is 0.149. The average Bonchev–Trinajstić information content (AvgIpc) is 3.85. The molecule has 6 heteroatoms. The summed E-state index contributed by atoms with van der Waals surface area (Å²) in [6, 6.07) is 65.5. The Morgan fingerprint density at radius 1 is 0.525 bits per heavy atom. The van der Waals surface area contributed by atoms with Gasteiger partial charge in [-0.1, -0.05) is 109 Å². The third-order valence-electron chi connectivity index (χ3n) is 12.8. The zero-order valence-electron chi connectivity index (χ0n) is 34.0. The molecule has 5 nitrogen and oxygen atoms in total. The summed E-state index contributed by atoms with van der Waals surface area (Å²) < 4.78 is 18.5. The number of benzene rings is 8. The smallest absolute Gasteiger partial charge is 0.255 e. The van der Waals surface area contributed by atoms with Gasteiger partial charge in [0.2, 0.25) is 0 Å². The number of anilines is 2. The predicted molar refractivity (Wildman–Crippen MR) is 254 cm³/mol. The molecule has 0 unspecified atom stereocenters. The zero-order valence-corrected chi connectivity index (χ0v) is 34.0. The van der Waals surface area contributed by atoms with E-state index in [1.807, 2.05) is 7.11 Å². The molecule has 1 aliphatic carbocycles. The van der Waals surface area contributed by atoms with E-state index < -0.39 is 0 Å². The quantitative estimate of drug-likeness (QED) is 0.151. The number of fused-ring (bicyclic) bond motifs is 9. The lowest BCUT2D eigenvalue weighted by Gasteiger charge is -2.30. The first-order chi connectivity index (χ1) is 30.3. The minimum Gasteiger partial charge on any atom is -0.497 e. The van der Waals surface area contributed by atoms with Gasteiger partial charge in [0.1, 0.15) is 17.2 Å². The highest BCUT2D eigenvalue weighted by atomic mass is 16.5. The Morgan fingerprint density at radius 2 is 1.16 bits per heavy atom. The van der Waals surface area contributed by atoms with E-state index in [1.165, 1.54) is 24.2 Å². The van der Waals surface area contributed by atoms with E-state index in [0.29, 0.717) is 0 Å². The van der Waals surface area contributed by atoms with Crippen LogP contribution in [0, 0.1) is 0 Å². The maximum atomic E-state index is 7.16. The molecule has 12 rings (SSSR count). The number of ether oxygens (including phenoxy) is 2. The van der Waals surface area contributed by atoms with E-state index in [2.05, 4.69) is 202 Å². The van der Waals surface area contributed by atoms with Gasteiger partial charge in [0, 0.05) is 44.6 Å². The molecule has 0 bridgehead atoms. The van der Waals surface area contributed by atoms with Crippen molar-refractivity contribution in [3.63, 3.8) is 0 Å². The Balaban J connectivity index is 1.12. The fourth-order valence-corrected chi connectivity index (χ4v) is 10.3. The molecule has 292 valence electrons. The number of para-hydroxylation sites is 5. The van der Waals surface area contributed by atoms with Gasteiger partial charge in [-0.25, -0.2) is 0 Å². The van der Waals surface area contributed by atoms with Gasteiger partial charge in [0.05, 0.1) is 34.6 Å². The van der Waals surface area contributed by atoms with Crippen LogP contribution < -0.4 is 30.8 Å². The van der Waals surface area contributed by atoms with Gasteiger partial charge in [-0.3, -0.25) is 0 Å². The summed E-state index contributed by atoms with van der Waals surface area (Å²) in [6.45, 7) is -0.149. The van der Waals surface area contributed by atoms with Gasteiger partial charge in [-0.15, -0.1) is 0 Å². The van der Waals surface area contributed by atoms with Gasteiger partial charge < -0.3 is 23.5 Å². The molecule has 3 heterocycles. The second-order valence-electron chi connectivity index (χ2n) is 16.2. The first-order valence-electron chi connectivity index (χ1n) is 21.4. The van der Waals surface area contributed by atoms with Crippen LogP contribution in [0.5, 0.6) is 17.2 Å². The standard InChI is InChI=1S/C55H42BN3O2/c1-60-54-45(32-34-48-52(54)42-26-14-16-28-47(42)58(48)39-22-10-4-11-23-39)56-44-27-15-17-29-51(44)61-55-46(56)33-35-49-53(55)43-31-30-41(36-50(43)59(49)40-24-12-5-13-25-40)57(37-18-6-2-7-19-37)38-20-8-3-9-21-38/h2,4-7,10-20,22-36H,3,8-9,21H2,1H3. The van der Waals surface area contributed by atoms with Crippen molar-refractivity contribution in [1.29, 1.82) is 0 Å². The van der Waals surface area contributed by atoms with Crippen molar-refractivity contribution in [1.82, 2.24) is 9.13 Å². The minimum atomic E-state index is -0.149. The number of hydrogen-bond donors (Lipinski definition) is 0. The van der Waals surface area contributed by atoms with E-state index in [0.717, 1.165) is 107 Å². The molecule has 1 aliphatic heterocycles. The highest BCUT2D eigenvalue weighted by Gasteiger charge is 2.37. The number of aromatic nitrogens is 2. The number of rotatable bonds is 7. The molecule has 0 saturated carbocycles. The lowest BCUT2D eigenvalue weighted by atomic mass is 9.35. The van der Waals surface area contributed by atoms with Crippen molar-refractivity contribution in [2.75, 3.05) is 12.0 Å². The highest BCUT2D eigenvalue weighted by Crippen LogP contribution is 2.44. The monoisotopic (exact) mass is 787 g/mol. The van der Waals surface area contributed by atoms with E-state index in [9.17, 15) is 0 Å². The Morgan fingerprint density at radius 3 is 1.90 bits per heavy atom. The molecule has 0 fully saturated rings. The fourth-order valence-electron chi connectivity index (χ4n) is 10.3. The maximum absolute atomic E-state index is 7.16. The van der Waals surface area contributed by atoms with Crippen LogP contribution in [-0.2, 0) is 0 Å². The van der Waals surface area contributed by atoms with E-state index in [-0.39, 0.29) is 6.71 Å². The highest BCUT2D eigenvalue weighted by molar-refractivity contribution is 6.97. The summed E-state index contributed by atoms with van der Waals surface area (Å²) in [5.41, 5.74) is 13.7. The van der Waals surface area contributed by atoms with Crippen molar-refractivity contribution in [3.05, 3.63) is 194 Å². The molecule has 0 N–H and O–H groups in total. The van der Waals surface area contributed by atoms with Crippen molar-refractivity contribution >= 4 is 78.1 Å². The van der Waals surface area contributed by atoms with Gasteiger partial charge in [-0.05, 0) is 121 Å². The summed E-state index contributed by atoms with van der Waals surface area (Å²) in [7, 11) is 1.81. The van der Waals surface area contributed by atoms with E-state index in [4.69, 9.17) is 9.47 Å². The van der Waals surface area contributed by atoms with Gasteiger partial charge in [0.15, 0.2) is 0 Å². The van der Waals surface area contributed by atoms with Gasteiger partial charge in [0.25, 0.3) is 6.71 Å². The first-order valence-corrected chi connectivity index (χ1v) is 21.4. The second kappa shape index (κ2) is 14.4. The Bertz CT molecular complexity index is 3330. The molecule has 0 radical (unpaired) electrons. The molecule has 2 aromatic heterocycles. The molecule has 2 aliphatic rings. The van der Waals surface area contributed by atoms with Crippen LogP contribution in [-0.4, -0.2) is 23.0 Å². The largest absolute Gasteiger partial charge is 0.497 e. The maximum Gasteiger partial charge on any atom is 0.255 e. The lowest BCUT2D eigenvalue weighted by molar-refractivity contribution is 0.423. The van der Waals surface area contributed by atoms with Crippen molar-refractivity contribution in [2.24, 2.45) is 0 Å². The summed E-state index contributed by atoms with van der Waals surface area (Å²) in [5.74, 6) is 2.63. The third kappa shape index (κ3) is 5.55. The van der Waals surface area contributed by atoms with Crippen molar-refractivity contribution < 1.29 is 9.47 Å². The Hall–Kier alpha value is -7.44. The van der Waals surface area contributed by atoms with Crippen molar-refractivity contribution in [2.45, 2.75) is 25.7 Å². The Kier molecular flexibility index (Phi) is 8.37. The van der Waals surface area contributed by atoms with Crippen LogP contribution in [0.4, 0.5) is 11.4 Å². The molecule has 8 aromatic carbocycles. The third-order valence-corrected chi connectivity index (χ3v) is 12.8. The summed E-state index contributed by atoms with van der Waals surface area (Å²) >= 11 is 0. The topological polar surface area (TPSA) is 31.6 Å². The van der Waals surface area contributed by atoms with Crippen LogP contribution in [0.1, 0.15) is 25.7 Å². The van der Waals surface area contributed by atoms with Crippen molar-refractivity contribution in [3.8, 4) is 28.6 Å². The normalized spacial score (nSPS) is 13.6. The van der Waals surface area contributed by atoms with Crippen LogP contribution in [0.15, 0.2) is 194 Å². The molecule has 61 heavy (non-hydrogen) atoms. The van der Waals surface area contributed by atoms with E-state index >= 15 is 0 Å². The number of allylic oxidation sites excluding steroid dienone is 2. The number of hydrogen-bond acceptors (Lipinski definition) is 3. The molecule has 0 spiro atoms. The zero-order chi connectivity index (χ0) is 40.4. The number of nitrogens with zero attached hydrogens (tertiary/aromatic N) is 3. The summed E-state index contributed by atoms with van der Waals surface area (Å²) in [4.78, 5) is 2.46. The predicted octanol–water partition coefficient (Wildman–Crippen LogP) is 12.1. The average molecular weight is 788 g/mol. The SMILES string of the molecule is COc1c(B2c3ccccc3Oc3c2ccc2c3c3ccc(N(C4=CCCCC4)c4ccccc4)cc3n2-c2ccccc2)ccc2c1c1ccccc1n2-c1ccccc1. The number of methoxy groups -OCH3 is 1. The van der Waals surface area contributed by atoms with Crippen LogP contribution >= 0.6 is 0 Å². The summed E-state index contributed by atoms with van der Waals surface area (Å²) in [5, 5.41) is 4.52. The molecular weight excluding hydrogens is 745 g/mol. The molecular formula is C55H42BN3O2. The van der Waals surface area contributed by atoms with Gasteiger partial charge in [-0.2, -0.15) is 0 Å². The van der Waals surface area contributed by atoms with Crippen LogP contribution in [0.3, 0.4) is 0 Å². The lowest BCUT2D eigenvalue weighted by Crippen LogP contribution is -2.55. The first kappa shape index (κ1) is 35.5. The fraction of sp³-hybridized carbons (Fsp3) is 0.0909. The summed E-state index contributed by atoms with van der Waals surface area (Å²) in [6.07, 6.45) is 7.02. The second-order valence-corrected chi connectivity index (χ2v) is 16.2. The van der Waals surface area contributed by atoms with Crippen LogP contribution in [0.25, 0.3) is 55.0 Å². The molecule has 0 atom stereocenters. The molecule has 0 amide bonds. The van der Waals surface area contributed by atoms with Gasteiger partial charge >= 0.3 is 0 Å². The molecule has 10 aromatic rings. The molecule has 0 saturated heterocycles. The van der Waals surface area contributed by atoms with Crippen LogP contribution in [0.2, 0.25) is 0 Å². The Labute approximate surface area is 355 Å². The van der Waals surface area contributed by atoms with E-state index in [1.54, 1.807) is 0 Å².